The quantitative estimate of drug-likeness (QED) is 0.516. The molecule has 0 spiro atoms. The lowest BCUT2D eigenvalue weighted by Crippen LogP contribution is -2.06. The maximum atomic E-state index is 11.5. The minimum absolute atomic E-state index is 0.0669. The van der Waals surface area contributed by atoms with Crippen molar-refractivity contribution in [2.24, 2.45) is 0 Å². The maximum absolute atomic E-state index is 11.5. The summed E-state index contributed by atoms with van der Waals surface area (Å²) in [7, 11) is 0. The number of aromatic amines is 1. The van der Waals surface area contributed by atoms with E-state index in [1.54, 1.807) is 18.2 Å². The lowest BCUT2D eigenvalue weighted by atomic mass is 10.1. The van der Waals surface area contributed by atoms with Gasteiger partial charge in [-0.2, -0.15) is 0 Å². The maximum Gasteiger partial charge on any atom is 0.293 e. The Morgan fingerprint density at radius 3 is 2.53 bits per heavy atom. The molecular weight excluding hydrogens is 242 g/mol. The van der Waals surface area contributed by atoms with Gasteiger partial charge in [0.25, 0.3) is 5.24 Å². The molecule has 0 amide bonds. The molecule has 2 aromatic rings. The van der Waals surface area contributed by atoms with Gasteiger partial charge < -0.3 is 4.98 Å². The summed E-state index contributed by atoms with van der Waals surface area (Å²) in [6, 6.07) is 4.86. The molecule has 2 rings (SSSR count). The predicted octanol–water partition coefficient (Wildman–Crippen LogP) is 2.32. The third kappa shape index (κ3) is 1.99. The number of fused-ring (bicyclic) bond motifs is 1. The summed E-state index contributed by atoms with van der Waals surface area (Å²) >= 11 is 5.15. The van der Waals surface area contributed by atoms with E-state index >= 15 is 0 Å². The Balaban J connectivity index is 2.60. The first-order valence-electron chi connectivity index (χ1n) is 4.87. The molecule has 0 saturated carbocycles. The van der Waals surface area contributed by atoms with Crippen molar-refractivity contribution in [2.75, 3.05) is 0 Å². The van der Waals surface area contributed by atoms with Crippen molar-refractivity contribution >= 4 is 39.3 Å². The first kappa shape index (κ1) is 11.5. The van der Waals surface area contributed by atoms with E-state index in [0.29, 0.717) is 16.5 Å². The zero-order chi connectivity index (χ0) is 12.6. The van der Waals surface area contributed by atoms with Crippen LogP contribution in [0.2, 0.25) is 0 Å². The molecule has 86 valence electrons. The second-order valence-corrected chi connectivity index (χ2v) is 3.97. The van der Waals surface area contributed by atoms with Crippen molar-refractivity contribution in [2.45, 2.75) is 6.92 Å². The van der Waals surface area contributed by atoms with Gasteiger partial charge in [-0.1, -0.05) is 12.1 Å². The average Bonchev–Trinajstić information content (AvgIpc) is 2.70. The highest BCUT2D eigenvalue weighted by molar-refractivity contribution is 6.83. The fraction of sp³-hybridized carbons (Fsp3) is 0.0833. The monoisotopic (exact) mass is 249 g/mol. The standard InChI is InChI=1S/C12H8ClNO3/c1-6(15)7-2-3-8-9(11(16)12(13)17)5-14-10(8)4-7/h2-5,14H,1H3. The molecule has 0 fully saturated rings. The van der Waals surface area contributed by atoms with Gasteiger partial charge in [0.05, 0.1) is 5.56 Å². The Hall–Kier alpha value is -1.94. The Morgan fingerprint density at radius 1 is 1.24 bits per heavy atom. The van der Waals surface area contributed by atoms with Crippen LogP contribution in [0.3, 0.4) is 0 Å². The predicted molar refractivity (Wildman–Crippen MR) is 63.5 cm³/mol. The minimum atomic E-state index is -1.03. The molecule has 5 heteroatoms. The van der Waals surface area contributed by atoms with Crippen molar-refractivity contribution in [3.63, 3.8) is 0 Å². The SMILES string of the molecule is CC(=O)c1ccc2c(C(=O)C(=O)Cl)c[nH]c2c1. The van der Waals surface area contributed by atoms with Gasteiger partial charge in [-0.3, -0.25) is 14.4 Å². The summed E-state index contributed by atoms with van der Waals surface area (Å²) in [6.07, 6.45) is 1.41. The van der Waals surface area contributed by atoms with Crippen LogP contribution in [0, 0.1) is 0 Å². The van der Waals surface area contributed by atoms with Crippen molar-refractivity contribution in [3.05, 3.63) is 35.5 Å². The number of carbonyl (C=O) groups excluding carboxylic acids is 3. The van der Waals surface area contributed by atoms with Crippen LogP contribution in [0.25, 0.3) is 10.9 Å². The molecule has 0 aliphatic heterocycles. The molecule has 0 aliphatic rings. The summed E-state index contributed by atoms with van der Waals surface area (Å²) < 4.78 is 0. The van der Waals surface area contributed by atoms with E-state index in [0.717, 1.165) is 0 Å². The van der Waals surface area contributed by atoms with Crippen molar-refractivity contribution in [1.82, 2.24) is 4.98 Å². The number of aromatic nitrogens is 1. The van der Waals surface area contributed by atoms with E-state index < -0.39 is 11.0 Å². The van der Waals surface area contributed by atoms with Crippen LogP contribution >= 0.6 is 11.6 Å². The number of halogens is 1. The van der Waals surface area contributed by atoms with E-state index in [-0.39, 0.29) is 11.3 Å². The summed E-state index contributed by atoms with van der Waals surface area (Å²) in [5.41, 5.74) is 1.38. The van der Waals surface area contributed by atoms with Gasteiger partial charge in [0.2, 0.25) is 5.78 Å². The molecule has 4 nitrogen and oxygen atoms in total. The molecule has 0 radical (unpaired) electrons. The van der Waals surface area contributed by atoms with Gasteiger partial charge in [0, 0.05) is 22.7 Å². The highest BCUT2D eigenvalue weighted by Crippen LogP contribution is 2.21. The molecule has 1 aromatic carbocycles. The van der Waals surface area contributed by atoms with E-state index in [2.05, 4.69) is 4.98 Å². The molecule has 17 heavy (non-hydrogen) atoms. The number of rotatable bonds is 3. The summed E-state index contributed by atoms with van der Waals surface area (Å²) in [6.45, 7) is 1.46. The number of nitrogens with one attached hydrogen (secondary N) is 1. The first-order valence-corrected chi connectivity index (χ1v) is 5.24. The van der Waals surface area contributed by atoms with Gasteiger partial charge in [0.1, 0.15) is 0 Å². The summed E-state index contributed by atoms with van der Waals surface area (Å²) in [5.74, 6) is -0.823. The van der Waals surface area contributed by atoms with Gasteiger partial charge in [-0.25, -0.2) is 0 Å². The Morgan fingerprint density at radius 2 is 1.94 bits per heavy atom. The molecule has 0 bridgehead atoms. The lowest BCUT2D eigenvalue weighted by molar-refractivity contribution is -0.108. The average molecular weight is 250 g/mol. The minimum Gasteiger partial charge on any atom is -0.360 e. The highest BCUT2D eigenvalue weighted by atomic mass is 35.5. The van der Waals surface area contributed by atoms with Crippen LogP contribution in [0.15, 0.2) is 24.4 Å². The number of H-pyrrole nitrogens is 1. The zero-order valence-corrected chi connectivity index (χ0v) is 9.67. The Kier molecular flexibility index (Phi) is 2.81. The van der Waals surface area contributed by atoms with E-state index in [4.69, 9.17) is 11.6 Å². The van der Waals surface area contributed by atoms with Crippen LogP contribution < -0.4 is 0 Å². The highest BCUT2D eigenvalue weighted by Gasteiger charge is 2.18. The summed E-state index contributed by atoms with van der Waals surface area (Å²) in [4.78, 5) is 36.3. The van der Waals surface area contributed by atoms with Crippen LogP contribution in [0.5, 0.6) is 0 Å². The molecule has 1 aromatic heterocycles. The second kappa shape index (κ2) is 4.14. The fourth-order valence-electron chi connectivity index (χ4n) is 1.64. The van der Waals surface area contributed by atoms with E-state index in [1.807, 2.05) is 0 Å². The van der Waals surface area contributed by atoms with E-state index in [9.17, 15) is 14.4 Å². The number of carbonyl (C=O) groups is 3. The molecular formula is C12H8ClNO3. The van der Waals surface area contributed by atoms with Crippen molar-refractivity contribution < 1.29 is 14.4 Å². The van der Waals surface area contributed by atoms with Gasteiger partial charge in [-0.05, 0) is 24.6 Å². The molecule has 0 unspecified atom stereocenters. The summed E-state index contributed by atoms with van der Waals surface area (Å²) in [5, 5.41) is -0.449. The van der Waals surface area contributed by atoms with Crippen molar-refractivity contribution in [1.29, 1.82) is 0 Å². The molecule has 1 N–H and O–H groups in total. The number of ketones is 2. The molecule has 0 atom stereocenters. The van der Waals surface area contributed by atoms with Crippen molar-refractivity contribution in [3.8, 4) is 0 Å². The van der Waals surface area contributed by atoms with Crippen LogP contribution in [-0.4, -0.2) is 21.8 Å². The van der Waals surface area contributed by atoms with Crippen LogP contribution in [0.4, 0.5) is 0 Å². The molecule has 1 heterocycles. The largest absolute Gasteiger partial charge is 0.360 e. The second-order valence-electron chi connectivity index (χ2n) is 3.62. The van der Waals surface area contributed by atoms with Crippen LogP contribution in [0.1, 0.15) is 27.6 Å². The normalized spacial score (nSPS) is 10.5. The van der Waals surface area contributed by atoms with Crippen LogP contribution in [-0.2, 0) is 4.79 Å². The van der Waals surface area contributed by atoms with E-state index in [1.165, 1.54) is 13.1 Å². The van der Waals surface area contributed by atoms with Gasteiger partial charge >= 0.3 is 0 Å². The topological polar surface area (TPSA) is 67.0 Å². The number of benzene rings is 1. The van der Waals surface area contributed by atoms with Gasteiger partial charge in [0.15, 0.2) is 5.78 Å². The fourth-order valence-corrected chi connectivity index (χ4v) is 1.74. The smallest absolute Gasteiger partial charge is 0.293 e. The number of hydrogen-bond donors (Lipinski definition) is 1. The third-order valence-corrected chi connectivity index (χ3v) is 2.68. The Labute approximate surface area is 102 Å². The van der Waals surface area contributed by atoms with Gasteiger partial charge in [-0.15, -0.1) is 0 Å². The zero-order valence-electron chi connectivity index (χ0n) is 8.91. The molecule has 0 saturated heterocycles. The third-order valence-electron chi connectivity index (χ3n) is 2.51. The lowest BCUT2D eigenvalue weighted by Gasteiger charge is -1.97. The number of Topliss-reactive ketones (excluding diaryl/α,β-unsaturated/α-hetero) is 2. The number of hydrogen-bond acceptors (Lipinski definition) is 3. The molecule has 0 aliphatic carbocycles. The first-order chi connectivity index (χ1) is 8.00. The Bertz CT molecular complexity index is 642.